The van der Waals surface area contributed by atoms with Crippen molar-refractivity contribution in [3.63, 3.8) is 0 Å². The third kappa shape index (κ3) is 6.55. The molecule has 0 N–H and O–H groups in total. The molecule has 0 saturated carbocycles. The van der Waals surface area contributed by atoms with Crippen LogP contribution in [0.1, 0.15) is 21.7 Å². The van der Waals surface area contributed by atoms with Crippen molar-refractivity contribution in [1.82, 2.24) is 9.80 Å². The number of carbonyl (C=O) groups is 2. The highest BCUT2D eigenvalue weighted by molar-refractivity contribution is 6.32. The molecule has 0 saturated heterocycles. The highest BCUT2D eigenvalue weighted by Gasteiger charge is 2.24. The van der Waals surface area contributed by atoms with Gasteiger partial charge in [0.2, 0.25) is 5.91 Å². The predicted octanol–water partition coefficient (Wildman–Crippen LogP) is 4.74. The zero-order chi connectivity index (χ0) is 24.5. The number of halogens is 1. The van der Waals surface area contributed by atoms with Gasteiger partial charge in [-0.3, -0.25) is 19.7 Å². The van der Waals surface area contributed by atoms with E-state index in [4.69, 9.17) is 16.0 Å². The summed E-state index contributed by atoms with van der Waals surface area (Å²) < 4.78 is 5.42. The molecule has 0 spiro atoms. The number of furan rings is 1. The number of nitro groups is 1. The molecule has 0 bridgehead atoms. The average molecular weight is 482 g/mol. The maximum absolute atomic E-state index is 13.3. The van der Waals surface area contributed by atoms with Crippen molar-refractivity contribution < 1.29 is 18.9 Å². The Hall–Kier alpha value is -3.91. The second-order valence-electron chi connectivity index (χ2n) is 7.53. The first-order valence-corrected chi connectivity index (χ1v) is 10.9. The van der Waals surface area contributed by atoms with Gasteiger partial charge in [-0.25, -0.2) is 0 Å². The van der Waals surface area contributed by atoms with Gasteiger partial charge in [-0.1, -0.05) is 48.0 Å². The lowest BCUT2D eigenvalue weighted by molar-refractivity contribution is -0.384. The molecule has 0 fully saturated rings. The van der Waals surface area contributed by atoms with Crippen molar-refractivity contribution >= 4 is 29.1 Å². The Balaban J connectivity index is 1.78. The van der Waals surface area contributed by atoms with Crippen LogP contribution in [-0.4, -0.2) is 46.2 Å². The molecule has 0 aliphatic heterocycles. The van der Waals surface area contributed by atoms with Crippen LogP contribution < -0.4 is 0 Å². The standard InChI is InChI=1S/C25H24ClN3O5/c1-2-13-28(25(31)20-10-11-22(26)23(16-20)29(32)33)18-24(30)27(17-21-9-6-15-34-21)14-12-19-7-4-3-5-8-19/h2-11,15-16H,1,12-14,17-18H2. The van der Waals surface area contributed by atoms with Crippen LogP contribution in [-0.2, 0) is 17.8 Å². The largest absolute Gasteiger partial charge is 0.467 e. The molecule has 0 radical (unpaired) electrons. The molecule has 34 heavy (non-hydrogen) atoms. The molecule has 3 rings (SSSR count). The van der Waals surface area contributed by atoms with E-state index in [0.717, 1.165) is 11.6 Å². The lowest BCUT2D eigenvalue weighted by Gasteiger charge is -2.27. The van der Waals surface area contributed by atoms with E-state index in [2.05, 4.69) is 6.58 Å². The van der Waals surface area contributed by atoms with Crippen LogP contribution in [0.3, 0.4) is 0 Å². The first kappa shape index (κ1) is 24.7. The van der Waals surface area contributed by atoms with Crippen LogP contribution in [0.5, 0.6) is 0 Å². The zero-order valence-electron chi connectivity index (χ0n) is 18.4. The third-order valence-corrected chi connectivity index (χ3v) is 5.46. The monoisotopic (exact) mass is 481 g/mol. The van der Waals surface area contributed by atoms with Gasteiger partial charge in [0.15, 0.2) is 0 Å². The minimum atomic E-state index is -0.656. The highest BCUT2D eigenvalue weighted by atomic mass is 35.5. The first-order chi connectivity index (χ1) is 16.4. The summed E-state index contributed by atoms with van der Waals surface area (Å²) in [6.45, 7) is 4.20. The van der Waals surface area contributed by atoms with Crippen LogP contribution in [0.4, 0.5) is 5.69 Å². The Morgan fingerprint density at radius 2 is 1.85 bits per heavy atom. The molecule has 176 valence electrons. The molecule has 0 aliphatic rings. The summed E-state index contributed by atoms with van der Waals surface area (Å²) in [6, 6.07) is 17.1. The minimum Gasteiger partial charge on any atom is -0.467 e. The van der Waals surface area contributed by atoms with E-state index < -0.39 is 10.8 Å². The summed E-state index contributed by atoms with van der Waals surface area (Å²) in [4.78, 5) is 39.8. The van der Waals surface area contributed by atoms with Gasteiger partial charge in [-0.2, -0.15) is 0 Å². The molecular weight excluding hydrogens is 458 g/mol. The molecule has 1 heterocycles. The number of rotatable bonds is 11. The summed E-state index contributed by atoms with van der Waals surface area (Å²) in [5.41, 5.74) is 0.763. The average Bonchev–Trinajstić information content (AvgIpc) is 3.35. The number of hydrogen-bond acceptors (Lipinski definition) is 5. The van der Waals surface area contributed by atoms with E-state index in [1.807, 2.05) is 30.3 Å². The first-order valence-electron chi connectivity index (χ1n) is 10.6. The summed E-state index contributed by atoms with van der Waals surface area (Å²) in [5.74, 6) is -0.198. The predicted molar refractivity (Wildman–Crippen MR) is 128 cm³/mol. The Morgan fingerprint density at radius 1 is 1.09 bits per heavy atom. The number of benzene rings is 2. The molecule has 3 aromatic rings. The van der Waals surface area contributed by atoms with Crippen LogP contribution in [0, 0.1) is 10.1 Å². The fraction of sp³-hybridized carbons (Fsp3) is 0.200. The van der Waals surface area contributed by atoms with Crippen molar-refractivity contribution in [2.75, 3.05) is 19.6 Å². The van der Waals surface area contributed by atoms with Gasteiger partial charge >= 0.3 is 0 Å². The Bertz CT molecular complexity index is 1150. The SMILES string of the molecule is C=CCN(CC(=O)N(CCc1ccccc1)Cc1ccco1)C(=O)c1ccc(Cl)c([N+](=O)[O-])c1. The van der Waals surface area contributed by atoms with E-state index in [9.17, 15) is 19.7 Å². The molecular formula is C25H24ClN3O5. The highest BCUT2D eigenvalue weighted by Crippen LogP contribution is 2.25. The van der Waals surface area contributed by atoms with Crippen LogP contribution in [0.15, 0.2) is 84.0 Å². The fourth-order valence-corrected chi connectivity index (χ4v) is 3.58. The summed E-state index contributed by atoms with van der Waals surface area (Å²) in [6.07, 6.45) is 3.67. The number of nitro benzene ring substituents is 1. The van der Waals surface area contributed by atoms with Gasteiger partial charge in [0, 0.05) is 24.7 Å². The number of carbonyl (C=O) groups excluding carboxylic acids is 2. The van der Waals surface area contributed by atoms with Gasteiger partial charge in [-0.05, 0) is 36.2 Å². The van der Waals surface area contributed by atoms with Crippen LogP contribution >= 0.6 is 11.6 Å². The smallest absolute Gasteiger partial charge is 0.288 e. The van der Waals surface area contributed by atoms with Gasteiger partial charge < -0.3 is 14.2 Å². The number of nitrogens with zero attached hydrogens (tertiary/aromatic N) is 3. The molecule has 2 aromatic carbocycles. The van der Waals surface area contributed by atoms with Crippen molar-refractivity contribution in [1.29, 1.82) is 0 Å². The quantitative estimate of drug-likeness (QED) is 0.224. The summed E-state index contributed by atoms with van der Waals surface area (Å²) in [5, 5.41) is 11.1. The topological polar surface area (TPSA) is 96.9 Å². The maximum Gasteiger partial charge on any atom is 0.288 e. The number of amides is 2. The van der Waals surface area contributed by atoms with Crippen molar-refractivity contribution in [3.8, 4) is 0 Å². The molecule has 9 heteroatoms. The Morgan fingerprint density at radius 3 is 2.50 bits per heavy atom. The van der Waals surface area contributed by atoms with Crippen LogP contribution in [0.2, 0.25) is 5.02 Å². The molecule has 0 aliphatic carbocycles. The lowest BCUT2D eigenvalue weighted by atomic mass is 10.1. The Kier molecular flexibility index (Phi) is 8.59. The van der Waals surface area contributed by atoms with Gasteiger partial charge in [-0.15, -0.1) is 6.58 Å². The second kappa shape index (κ2) is 11.8. The van der Waals surface area contributed by atoms with E-state index >= 15 is 0 Å². The molecule has 1 aromatic heterocycles. The van der Waals surface area contributed by atoms with Crippen molar-refractivity contribution in [2.45, 2.75) is 13.0 Å². The van der Waals surface area contributed by atoms with Gasteiger partial charge in [0.05, 0.1) is 17.7 Å². The fourth-order valence-electron chi connectivity index (χ4n) is 3.40. The van der Waals surface area contributed by atoms with Gasteiger partial charge in [0.25, 0.3) is 11.6 Å². The second-order valence-corrected chi connectivity index (χ2v) is 7.94. The third-order valence-electron chi connectivity index (χ3n) is 5.15. The van der Waals surface area contributed by atoms with E-state index in [-0.39, 0.29) is 41.8 Å². The minimum absolute atomic E-state index is 0.0626. The van der Waals surface area contributed by atoms with Crippen molar-refractivity contribution in [2.24, 2.45) is 0 Å². The van der Waals surface area contributed by atoms with Crippen LogP contribution in [0.25, 0.3) is 0 Å². The lowest BCUT2D eigenvalue weighted by Crippen LogP contribution is -2.43. The summed E-state index contributed by atoms with van der Waals surface area (Å²) in [7, 11) is 0. The van der Waals surface area contributed by atoms with Gasteiger partial charge in [0.1, 0.15) is 17.3 Å². The molecule has 8 nitrogen and oxygen atoms in total. The normalized spacial score (nSPS) is 10.5. The summed E-state index contributed by atoms with van der Waals surface area (Å²) >= 11 is 5.86. The van der Waals surface area contributed by atoms with E-state index in [1.54, 1.807) is 17.0 Å². The van der Waals surface area contributed by atoms with Crippen molar-refractivity contribution in [3.05, 3.63) is 112 Å². The van der Waals surface area contributed by atoms with E-state index in [1.165, 1.54) is 29.4 Å². The zero-order valence-corrected chi connectivity index (χ0v) is 19.2. The maximum atomic E-state index is 13.3. The Labute approximate surface area is 202 Å². The van der Waals surface area contributed by atoms with E-state index in [0.29, 0.717) is 18.7 Å². The molecule has 0 unspecified atom stereocenters. The molecule has 2 amide bonds. The molecule has 0 atom stereocenters. The number of hydrogen-bond donors (Lipinski definition) is 0.